The van der Waals surface area contributed by atoms with E-state index in [1.165, 1.54) is 11.1 Å². The van der Waals surface area contributed by atoms with Gasteiger partial charge >= 0.3 is 0 Å². The molecule has 3 rings (SSSR count). The molecule has 0 N–H and O–H groups in total. The van der Waals surface area contributed by atoms with Crippen molar-refractivity contribution in [3.8, 4) is 5.75 Å². The summed E-state index contributed by atoms with van der Waals surface area (Å²) >= 11 is 3.42. The van der Waals surface area contributed by atoms with Crippen LogP contribution < -0.4 is 4.74 Å². The van der Waals surface area contributed by atoms with E-state index < -0.39 is 0 Å². The van der Waals surface area contributed by atoms with Crippen LogP contribution in [0.25, 0.3) is 0 Å². The molecule has 0 saturated carbocycles. The van der Waals surface area contributed by atoms with Gasteiger partial charge in [-0.25, -0.2) is 0 Å². The maximum atomic E-state index is 5.29. The highest BCUT2D eigenvalue weighted by atomic mass is 79.9. The van der Waals surface area contributed by atoms with Crippen LogP contribution in [0, 0.1) is 0 Å². The highest BCUT2D eigenvalue weighted by Gasteiger charge is 2.17. The van der Waals surface area contributed by atoms with E-state index in [9.17, 15) is 0 Å². The zero-order chi connectivity index (χ0) is 13.2. The van der Waals surface area contributed by atoms with Gasteiger partial charge in [0.1, 0.15) is 5.75 Å². The van der Waals surface area contributed by atoms with E-state index in [0.717, 1.165) is 36.4 Å². The molecule has 0 spiro atoms. The van der Waals surface area contributed by atoms with Gasteiger partial charge in [-0.3, -0.25) is 9.58 Å². The fourth-order valence-corrected chi connectivity index (χ4v) is 2.79. The Hall–Kier alpha value is -1.33. The van der Waals surface area contributed by atoms with Crippen LogP contribution >= 0.6 is 15.9 Å². The number of benzene rings is 1. The third-order valence-electron chi connectivity index (χ3n) is 3.45. The number of nitrogens with zero attached hydrogens (tertiary/aromatic N) is 3. The Balaban J connectivity index is 1.74. The summed E-state index contributed by atoms with van der Waals surface area (Å²) in [6.07, 6.45) is 4.91. The van der Waals surface area contributed by atoms with Gasteiger partial charge in [0.2, 0.25) is 0 Å². The topological polar surface area (TPSA) is 30.3 Å². The van der Waals surface area contributed by atoms with Crippen molar-refractivity contribution in [2.24, 2.45) is 0 Å². The Bertz CT molecular complexity index is 582. The molecule has 19 heavy (non-hydrogen) atoms. The number of hydrogen-bond donors (Lipinski definition) is 0. The minimum atomic E-state index is 0.822. The van der Waals surface area contributed by atoms with Crippen molar-refractivity contribution in [3.63, 3.8) is 0 Å². The normalized spacial score (nSPS) is 15.3. The van der Waals surface area contributed by atoms with Crippen molar-refractivity contribution in [2.75, 3.05) is 13.7 Å². The largest absolute Gasteiger partial charge is 0.497 e. The molecule has 4 nitrogen and oxygen atoms in total. The van der Waals surface area contributed by atoms with E-state index in [0.29, 0.717) is 0 Å². The Morgan fingerprint density at radius 3 is 3.00 bits per heavy atom. The van der Waals surface area contributed by atoms with Gasteiger partial charge in [-0.15, -0.1) is 0 Å². The summed E-state index contributed by atoms with van der Waals surface area (Å²) in [6, 6.07) is 6.36. The second kappa shape index (κ2) is 5.35. The van der Waals surface area contributed by atoms with Crippen LogP contribution in [-0.4, -0.2) is 28.3 Å². The number of aromatic nitrogens is 2. The van der Waals surface area contributed by atoms with Crippen LogP contribution in [0.15, 0.2) is 35.1 Å². The zero-order valence-electron chi connectivity index (χ0n) is 10.8. The van der Waals surface area contributed by atoms with Gasteiger partial charge in [-0.1, -0.05) is 6.07 Å². The first-order chi connectivity index (χ1) is 9.24. The predicted molar refractivity (Wildman–Crippen MR) is 77.0 cm³/mol. The summed E-state index contributed by atoms with van der Waals surface area (Å²) in [5.41, 5.74) is 2.79. The summed E-state index contributed by atoms with van der Waals surface area (Å²) in [5.74, 6) is 0.933. The van der Waals surface area contributed by atoms with Crippen LogP contribution in [0.5, 0.6) is 5.75 Å². The molecule has 0 bridgehead atoms. The Morgan fingerprint density at radius 2 is 2.26 bits per heavy atom. The van der Waals surface area contributed by atoms with Crippen molar-refractivity contribution in [2.45, 2.75) is 19.6 Å². The van der Waals surface area contributed by atoms with E-state index in [2.05, 4.69) is 38.1 Å². The highest BCUT2D eigenvalue weighted by molar-refractivity contribution is 9.10. The smallest absolute Gasteiger partial charge is 0.119 e. The maximum Gasteiger partial charge on any atom is 0.119 e. The quantitative estimate of drug-likeness (QED) is 0.870. The fraction of sp³-hybridized carbons (Fsp3) is 0.357. The number of methoxy groups -OCH3 is 1. The molecule has 1 aromatic heterocycles. The SMILES string of the molecule is COc1ccc2c(c1)CN(Cn1cc(Br)cn1)CC2. The summed E-state index contributed by atoms with van der Waals surface area (Å²) in [5, 5.41) is 4.30. The van der Waals surface area contributed by atoms with Gasteiger partial charge in [0.25, 0.3) is 0 Å². The van der Waals surface area contributed by atoms with Gasteiger partial charge in [-0.05, 0) is 45.6 Å². The molecule has 0 amide bonds. The van der Waals surface area contributed by atoms with E-state index in [4.69, 9.17) is 4.74 Å². The van der Waals surface area contributed by atoms with Crippen LogP contribution in [0.1, 0.15) is 11.1 Å². The molecule has 0 atom stereocenters. The number of halogens is 1. The van der Waals surface area contributed by atoms with E-state index in [-0.39, 0.29) is 0 Å². The van der Waals surface area contributed by atoms with Crippen LogP contribution in [-0.2, 0) is 19.6 Å². The minimum Gasteiger partial charge on any atom is -0.497 e. The molecule has 2 aromatic rings. The van der Waals surface area contributed by atoms with Gasteiger partial charge in [0, 0.05) is 19.3 Å². The van der Waals surface area contributed by atoms with Gasteiger partial charge in [-0.2, -0.15) is 5.10 Å². The summed E-state index contributed by atoms with van der Waals surface area (Å²) < 4.78 is 8.27. The summed E-state index contributed by atoms with van der Waals surface area (Å²) in [7, 11) is 1.71. The lowest BCUT2D eigenvalue weighted by atomic mass is 10.00. The van der Waals surface area contributed by atoms with E-state index in [1.54, 1.807) is 7.11 Å². The molecule has 1 aliphatic heterocycles. The minimum absolute atomic E-state index is 0.822. The maximum absolute atomic E-state index is 5.29. The molecule has 1 aromatic carbocycles. The van der Waals surface area contributed by atoms with Crippen LogP contribution in [0.4, 0.5) is 0 Å². The zero-order valence-corrected chi connectivity index (χ0v) is 12.4. The van der Waals surface area contributed by atoms with Crippen molar-refractivity contribution in [1.82, 2.24) is 14.7 Å². The molecule has 1 aliphatic rings. The van der Waals surface area contributed by atoms with E-state index >= 15 is 0 Å². The standard InChI is InChI=1S/C14H16BrN3O/c1-19-14-3-2-11-4-5-17(8-12(11)6-14)10-18-9-13(15)7-16-18/h2-3,6-7,9H,4-5,8,10H2,1H3. The first-order valence-electron chi connectivity index (χ1n) is 6.31. The molecule has 0 saturated heterocycles. The number of rotatable bonds is 3. The summed E-state index contributed by atoms with van der Waals surface area (Å²) in [4.78, 5) is 2.39. The lowest BCUT2D eigenvalue weighted by molar-refractivity contribution is 0.189. The number of fused-ring (bicyclic) bond motifs is 1. The van der Waals surface area contributed by atoms with Crippen molar-refractivity contribution >= 4 is 15.9 Å². The third-order valence-corrected chi connectivity index (χ3v) is 3.86. The lowest BCUT2D eigenvalue weighted by Crippen LogP contribution is -2.32. The third kappa shape index (κ3) is 2.82. The Labute approximate surface area is 121 Å². The average Bonchev–Trinajstić information content (AvgIpc) is 2.83. The first-order valence-corrected chi connectivity index (χ1v) is 7.10. The molecular formula is C14H16BrN3O. The Kier molecular flexibility index (Phi) is 3.57. The van der Waals surface area contributed by atoms with Gasteiger partial charge in [0.05, 0.1) is 24.4 Å². The number of ether oxygens (including phenoxy) is 1. The summed E-state index contributed by atoms with van der Waals surface area (Å²) in [6.45, 7) is 2.84. The molecule has 0 fully saturated rings. The Morgan fingerprint density at radius 1 is 1.37 bits per heavy atom. The van der Waals surface area contributed by atoms with E-state index in [1.807, 2.05) is 23.1 Å². The van der Waals surface area contributed by atoms with Gasteiger partial charge < -0.3 is 4.74 Å². The van der Waals surface area contributed by atoms with Crippen molar-refractivity contribution in [1.29, 1.82) is 0 Å². The second-order valence-corrected chi connectivity index (χ2v) is 5.69. The fourth-order valence-electron chi connectivity index (χ4n) is 2.46. The number of hydrogen-bond acceptors (Lipinski definition) is 3. The second-order valence-electron chi connectivity index (χ2n) is 4.78. The predicted octanol–water partition coefficient (Wildman–Crippen LogP) is 2.67. The average molecular weight is 322 g/mol. The molecule has 0 aliphatic carbocycles. The monoisotopic (exact) mass is 321 g/mol. The van der Waals surface area contributed by atoms with Crippen LogP contribution in [0.3, 0.4) is 0 Å². The highest BCUT2D eigenvalue weighted by Crippen LogP contribution is 2.24. The van der Waals surface area contributed by atoms with Gasteiger partial charge in [0.15, 0.2) is 0 Å². The molecular weight excluding hydrogens is 306 g/mol. The molecule has 2 heterocycles. The molecule has 5 heteroatoms. The van der Waals surface area contributed by atoms with Crippen LogP contribution in [0.2, 0.25) is 0 Å². The first kappa shape index (κ1) is 12.7. The lowest BCUT2D eigenvalue weighted by Gasteiger charge is -2.28. The molecule has 100 valence electrons. The van der Waals surface area contributed by atoms with Crippen molar-refractivity contribution in [3.05, 3.63) is 46.2 Å². The molecule has 0 unspecified atom stereocenters. The van der Waals surface area contributed by atoms with Crippen molar-refractivity contribution < 1.29 is 4.74 Å². The molecule has 0 radical (unpaired) electrons.